The molecular weight excluding hydrogens is 162 g/mol. The standard InChI is InChI=1S/C11H17NO/c1-12-9-3-4-10-5-7-11(13-2)8-6-10/h5-8,12H,3-4,9H2,1-2H3. The van der Waals surface area contributed by atoms with Gasteiger partial charge >= 0.3 is 0 Å². The van der Waals surface area contributed by atoms with E-state index >= 15 is 0 Å². The van der Waals surface area contributed by atoms with E-state index in [0.717, 1.165) is 18.7 Å². The lowest BCUT2D eigenvalue weighted by molar-refractivity contribution is 0.414. The number of nitrogens with one attached hydrogen (secondary N) is 1. The van der Waals surface area contributed by atoms with E-state index in [9.17, 15) is 0 Å². The van der Waals surface area contributed by atoms with Crippen LogP contribution >= 0.6 is 0 Å². The summed E-state index contributed by atoms with van der Waals surface area (Å²) in [7, 11) is 3.67. The van der Waals surface area contributed by atoms with Crippen LogP contribution in [-0.2, 0) is 6.42 Å². The number of benzene rings is 1. The van der Waals surface area contributed by atoms with E-state index in [1.54, 1.807) is 7.11 Å². The summed E-state index contributed by atoms with van der Waals surface area (Å²) in [6.45, 7) is 1.08. The molecule has 0 saturated heterocycles. The highest BCUT2D eigenvalue weighted by Crippen LogP contribution is 2.12. The maximum atomic E-state index is 5.08. The number of rotatable bonds is 5. The molecule has 1 N–H and O–H groups in total. The van der Waals surface area contributed by atoms with Crippen LogP contribution < -0.4 is 10.1 Å². The van der Waals surface area contributed by atoms with E-state index in [-0.39, 0.29) is 0 Å². The average Bonchev–Trinajstić information content (AvgIpc) is 2.19. The average molecular weight is 179 g/mol. The summed E-state index contributed by atoms with van der Waals surface area (Å²) in [5.41, 5.74) is 1.37. The molecule has 0 spiro atoms. The number of methoxy groups -OCH3 is 1. The molecule has 0 saturated carbocycles. The summed E-state index contributed by atoms with van der Waals surface area (Å²) in [6.07, 6.45) is 2.31. The molecule has 0 aliphatic rings. The fourth-order valence-electron chi connectivity index (χ4n) is 1.26. The molecular formula is C11H17NO. The zero-order valence-corrected chi connectivity index (χ0v) is 8.34. The molecule has 0 radical (unpaired) electrons. The maximum absolute atomic E-state index is 5.08. The molecule has 2 heteroatoms. The molecule has 13 heavy (non-hydrogen) atoms. The molecule has 0 heterocycles. The quantitative estimate of drug-likeness (QED) is 0.696. The summed E-state index contributed by atoms with van der Waals surface area (Å²) >= 11 is 0. The molecule has 2 nitrogen and oxygen atoms in total. The van der Waals surface area contributed by atoms with Crippen molar-refractivity contribution in [3.05, 3.63) is 29.8 Å². The molecule has 0 fully saturated rings. The van der Waals surface area contributed by atoms with Crippen molar-refractivity contribution in [3.63, 3.8) is 0 Å². The van der Waals surface area contributed by atoms with Gasteiger partial charge in [-0.25, -0.2) is 0 Å². The summed E-state index contributed by atoms with van der Waals surface area (Å²) in [5.74, 6) is 0.928. The Bertz CT molecular complexity index is 230. The number of hydrogen-bond acceptors (Lipinski definition) is 2. The molecule has 72 valence electrons. The van der Waals surface area contributed by atoms with Gasteiger partial charge in [-0.15, -0.1) is 0 Å². The Kier molecular flexibility index (Phi) is 4.33. The lowest BCUT2D eigenvalue weighted by Gasteiger charge is -2.02. The van der Waals surface area contributed by atoms with Crippen LogP contribution in [-0.4, -0.2) is 20.7 Å². The second-order valence-electron chi connectivity index (χ2n) is 3.06. The van der Waals surface area contributed by atoms with E-state index in [2.05, 4.69) is 17.4 Å². The van der Waals surface area contributed by atoms with Crippen LogP contribution in [0, 0.1) is 0 Å². The fraction of sp³-hybridized carbons (Fsp3) is 0.455. The minimum absolute atomic E-state index is 0.928. The summed E-state index contributed by atoms with van der Waals surface area (Å²) in [4.78, 5) is 0. The Morgan fingerprint density at radius 2 is 1.92 bits per heavy atom. The van der Waals surface area contributed by atoms with Gasteiger partial charge < -0.3 is 10.1 Å². The van der Waals surface area contributed by atoms with Crippen LogP contribution in [0.2, 0.25) is 0 Å². The van der Waals surface area contributed by atoms with Crippen LogP contribution in [0.1, 0.15) is 12.0 Å². The highest BCUT2D eigenvalue weighted by Gasteiger charge is 1.93. The first-order valence-corrected chi connectivity index (χ1v) is 4.64. The van der Waals surface area contributed by atoms with Gasteiger partial charge in [0.1, 0.15) is 5.75 Å². The van der Waals surface area contributed by atoms with Crippen molar-refractivity contribution >= 4 is 0 Å². The van der Waals surface area contributed by atoms with Crippen LogP contribution in [0.25, 0.3) is 0 Å². The van der Waals surface area contributed by atoms with Crippen molar-refractivity contribution in [1.82, 2.24) is 5.32 Å². The zero-order chi connectivity index (χ0) is 9.52. The van der Waals surface area contributed by atoms with Gasteiger partial charge in [-0.3, -0.25) is 0 Å². The molecule has 0 aliphatic heterocycles. The van der Waals surface area contributed by atoms with E-state index in [1.165, 1.54) is 12.0 Å². The third-order valence-electron chi connectivity index (χ3n) is 2.05. The van der Waals surface area contributed by atoms with Crippen LogP contribution in [0.4, 0.5) is 0 Å². The van der Waals surface area contributed by atoms with Crippen molar-refractivity contribution in [2.45, 2.75) is 12.8 Å². The minimum atomic E-state index is 0.928. The minimum Gasteiger partial charge on any atom is -0.497 e. The van der Waals surface area contributed by atoms with Gasteiger partial charge in [0.05, 0.1) is 7.11 Å². The van der Waals surface area contributed by atoms with Crippen molar-refractivity contribution in [1.29, 1.82) is 0 Å². The summed E-state index contributed by atoms with van der Waals surface area (Å²) < 4.78 is 5.08. The summed E-state index contributed by atoms with van der Waals surface area (Å²) in [6, 6.07) is 8.26. The highest BCUT2D eigenvalue weighted by molar-refractivity contribution is 5.27. The van der Waals surface area contributed by atoms with Crippen molar-refractivity contribution in [2.24, 2.45) is 0 Å². The van der Waals surface area contributed by atoms with E-state index < -0.39 is 0 Å². The van der Waals surface area contributed by atoms with Gasteiger partial charge in [-0.2, -0.15) is 0 Å². The largest absolute Gasteiger partial charge is 0.497 e. The van der Waals surface area contributed by atoms with Gasteiger partial charge in [-0.1, -0.05) is 12.1 Å². The Morgan fingerprint density at radius 3 is 2.46 bits per heavy atom. The second-order valence-corrected chi connectivity index (χ2v) is 3.06. The normalized spacial score (nSPS) is 10.0. The van der Waals surface area contributed by atoms with Crippen molar-refractivity contribution in [3.8, 4) is 5.75 Å². The molecule has 0 aromatic heterocycles. The van der Waals surface area contributed by atoms with Gasteiger partial charge in [0, 0.05) is 0 Å². The molecule has 0 aliphatic carbocycles. The first-order chi connectivity index (χ1) is 6.36. The third-order valence-corrected chi connectivity index (χ3v) is 2.05. The molecule has 1 aromatic rings. The molecule has 0 atom stereocenters. The van der Waals surface area contributed by atoms with Gasteiger partial charge in [-0.05, 0) is 44.1 Å². The zero-order valence-electron chi connectivity index (χ0n) is 8.34. The topological polar surface area (TPSA) is 21.3 Å². The SMILES string of the molecule is CNCCCc1ccc(OC)cc1. The van der Waals surface area contributed by atoms with E-state index in [1.807, 2.05) is 19.2 Å². The predicted octanol–water partition coefficient (Wildman–Crippen LogP) is 1.85. The van der Waals surface area contributed by atoms with E-state index in [0.29, 0.717) is 0 Å². The molecule has 0 amide bonds. The molecule has 1 aromatic carbocycles. The Morgan fingerprint density at radius 1 is 1.23 bits per heavy atom. The molecule has 1 rings (SSSR count). The molecule has 0 unspecified atom stereocenters. The summed E-state index contributed by atoms with van der Waals surface area (Å²) in [5, 5.41) is 3.14. The Balaban J connectivity index is 2.40. The number of ether oxygens (including phenoxy) is 1. The molecule has 0 bridgehead atoms. The predicted molar refractivity (Wildman–Crippen MR) is 55.2 cm³/mol. The first kappa shape index (κ1) is 10.1. The Labute approximate surface area is 79.9 Å². The van der Waals surface area contributed by atoms with Gasteiger partial charge in [0.2, 0.25) is 0 Å². The third kappa shape index (κ3) is 3.47. The highest BCUT2D eigenvalue weighted by atomic mass is 16.5. The van der Waals surface area contributed by atoms with Crippen LogP contribution in [0.5, 0.6) is 5.75 Å². The van der Waals surface area contributed by atoms with E-state index in [4.69, 9.17) is 4.74 Å². The monoisotopic (exact) mass is 179 g/mol. The lowest BCUT2D eigenvalue weighted by Crippen LogP contribution is -2.08. The smallest absolute Gasteiger partial charge is 0.118 e. The van der Waals surface area contributed by atoms with Crippen molar-refractivity contribution < 1.29 is 4.74 Å². The lowest BCUT2D eigenvalue weighted by atomic mass is 10.1. The van der Waals surface area contributed by atoms with Gasteiger partial charge in [0.15, 0.2) is 0 Å². The maximum Gasteiger partial charge on any atom is 0.118 e. The number of aryl methyl sites for hydroxylation is 1. The van der Waals surface area contributed by atoms with Crippen molar-refractivity contribution in [2.75, 3.05) is 20.7 Å². The number of hydrogen-bond donors (Lipinski definition) is 1. The van der Waals surface area contributed by atoms with Gasteiger partial charge in [0.25, 0.3) is 0 Å². The van der Waals surface area contributed by atoms with Crippen LogP contribution in [0.3, 0.4) is 0 Å². The van der Waals surface area contributed by atoms with Crippen LogP contribution in [0.15, 0.2) is 24.3 Å². The second kappa shape index (κ2) is 5.60. The first-order valence-electron chi connectivity index (χ1n) is 4.64. The Hall–Kier alpha value is -1.02. The fourth-order valence-corrected chi connectivity index (χ4v) is 1.26.